The van der Waals surface area contributed by atoms with Gasteiger partial charge >= 0.3 is 0 Å². The molecule has 26 heavy (non-hydrogen) atoms. The van der Waals surface area contributed by atoms with E-state index >= 15 is 0 Å². The number of nitrogens with zero attached hydrogens (tertiary/aromatic N) is 2. The van der Waals surface area contributed by atoms with Crippen LogP contribution in [0, 0.1) is 6.92 Å². The van der Waals surface area contributed by atoms with Gasteiger partial charge in [0.2, 0.25) is 5.91 Å². The fourth-order valence-corrected chi connectivity index (χ4v) is 5.10. The van der Waals surface area contributed by atoms with Crippen LogP contribution < -0.4 is 11.3 Å². The summed E-state index contributed by atoms with van der Waals surface area (Å²) in [5.41, 5.74) is 8.51. The second-order valence-electron chi connectivity index (χ2n) is 6.84. The Labute approximate surface area is 155 Å². The van der Waals surface area contributed by atoms with Gasteiger partial charge in [-0.05, 0) is 44.2 Å². The molecule has 2 heterocycles. The predicted molar refractivity (Wildman–Crippen MR) is 105 cm³/mol. The number of carbonyl (C=O) groups is 1. The number of hydrogen-bond donors (Lipinski definition) is 1. The third-order valence-corrected chi connectivity index (χ3v) is 6.26. The second-order valence-corrected chi connectivity index (χ2v) is 7.93. The maximum atomic E-state index is 13.5. The van der Waals surface area contributed by atoms with Crippen LogP contribution in [0.3, 0.4) is 0 Å². The topological polar surface area (TPSA) is 78.0 Å². The van der Waals surface area contributed by atoms with Crippen molar-refractivity contribution in [2.45, 2.75) is 45.6 Å². The summed E-state index contributed by atoms with van der Waals surface area (Å²) in [5, 5.41) is 0.679. The summed E-state index contributed by atoms with van der Waals surface area (Å²) < 4.78 is 1.52. The number of aromatic nitrogens is 2. The molecular formula is C20H21N3O2S. The molecule has 6 heteroatoms. The van der Waals surface area contributed by atoms with E-state index < -0.39 is 11.9 Å². The molecule has 0 saturated carbocycles. The van der Waals surface area contributed by atoms with E-state index in [0.717, 1.165) is 40.8 Å². The highest BCUT2D eigenvalue weighted by molar-refractivity contribution is 7.18. The highest BCUT2D eigenvalue weighted by Gasteiger charge is 2.27. The molecule has 0 spiro atoms. The molecule has 1 aromatic carbocycles. The maximum absolute atomic E-state index is 13.5. The van der Waals surface area contributed by atoms with Gasteiger partial charge in [0.05, 0.1) is 5.39 Å². The third kappa shape index (κ3) is 2.56. The van der Waals surface area contributed by atoms with Gasteiger partial charge in [-0.3, -0.25) is 14.2 Å². The van der Waals surface area contributed by atoms with Crippen LogP contribution in [-0.2, 0) is 17.6 Å². The summed E-state index contributed by atoms with van der Waals surface area (Å²) in [7, 11) is 0. The molecule has 2 aromatic heterocycles. The molecule has 134 valence electrons. The van der Waals surface area contributed by atoms with E-state index in [9.17, 15) is 9.59 Å². The van der Waals surface area contributed by atoms with Crippen molar-refractivity contribution in [3.63, 3.8) is 0 Å². The zero-order valence-corrected chi connectivity index (χ0v) is 15.7. The molecule has 0 saturated heterocycles. The molecule has 1 aliphatic carbocycles. The molecule has 0 fully saturated rings. The summed E-state index contributed by atoms with van der Waals surface area (Å²) >= 11 is 1.61. The molecular weight excluding hydrogens is 346 g/mol. The number of fused-ring (bicyclic) bond motifs is 3. The Balaban J connectivity index is 2.09. The average molecular weight is 367 g/mol. The first kappa shape index (κ1) is 17.0. The number of nitrogens with two attached hydrogens (primary N) is 1. The molecule has 1 unspecified atom stereocenters. The minimum absolute atomic E-state index is 0.142. The van der Waals surface area contributed by atoms with Crippen LogP contribution in [0.2, 0.25) is 0 Å². The monoisotopic (exact) mass is 367 g/mol. The molecule has 1 amide bonds. The predicted octanol–water partition coefficient (Wildman–Crippen LogP) is 3.36. The van der Waals surface area contributed by atoms with Gasteiger partial charge in [-0.1, -0.05) is 30.7 Å². The van der Waals surface area contributed by atoms with Crippen molar-refractivity contribution in [3.8, 4) is 11.4 Å². The SMILES string of the molecule is CCC(C(N)=O)n1c(-c2cccc(C)c2)nc2sc3c(c2c1=O)CCC3. The van der Waals surface area contributed by atoms with E-state index in [2.05, 4.69) is 0 Å². The average Bonchev–Trinajstić information content (AvgIpc) is 3.17. The molecule has 5 nitrogen and oxygen atoms in total. The first-order valence-electron chi connectivity index (χ1n) is 8.94. The van der Waals surface area contributed by atoms with Gasteiger partial charge in [0.1, 0.15) is 16.7 Å². The van der Waals surface area contributed by atoms with Crippen molar-refractivity contribution in [2.24, 2.45) is 5.73 Å². The van der Waals surface area contributed by atoms with Crippen molar-refractivity contribution >= 4 is 27.5 Å². The number of rotatable bonds is 4. The molecule has 0 aliphatic heterocycles. The molecule has 0 radical (unpaired) electrons. The van der Waals surface area contributed by atoms with Crippen LogP contribution in [0.1, 0.15) is 41.8 Å². The number of aryl methyl sites for hydroxylation is 3. The van der Waals surface area contributed by atoms with Gasteiger partial charge in [0, 0.05) is 10.4 Å². The fraction of sp³-hybridized carbons (Fsp3) is 0.350. The van der Waals surface area contributed by atoms with Gasteiger partial charge in [-0.2, -0.15) is 0 Å². The molecule has 1 atom stereocenters. The third-order valence-electron chi connectivity index (χ3n) is 5.07. The minimum atomic E-state index is -0.702. The van der Waals surface area contributed by atoms with E-state index in [0.29, 0.717) is 17.6 Å². The largest absolute Gasteiger partial charge is 0.368 e. The van der Waals surface area contributed by atoms with Crippen molar-refractivity contribution in [1.82, 2.24) is 9.55 Å². The summed E-state index contributed by atoms with van der Waals surface area (Å²) in [6, 6.07) is 7.14. The number of benzene rings is 1. The number of primary amides is 1. The lowest BCUT2D eigenvalue weighted by molar-refractivity contribution is -0.121. The van der Waals surface area contributed by atoms with E-state index in [1.807, 2.05) is 38.1 Å². The molecule has 1 aliphatic rings. The standard InChI is InChI=1S/C20H21N3O2S/c1-3-14(17(21)24)23-18(12-7-4-6-11(2)10-12)22-19-16(20(23)25)13-8-5-9-15(13)26-19/h4,6-7,10,14H,3,5,8-9H2,1-2H3,(H2,21,24). The van der Waals surface area contributed by atoms with Crippen molar-refractivity contribution < 1.29 is 4.79 Å². The maximum Gasteiger partial charge on any atom is 0.263 e. The van der Waals surface area contributed by atoms with Crippen molar-refractivity contribution in [1.29, 1.82) is 0 Å². The Bertz CT molecular complexity index is 1080. The van der Waals surface area contributed by atoms with E-state index in [1.54, 1.807) is 11.3 Å². The quantitative estimate of drug-likeness (QED) is 0.768. The van der Waals surface area contributed by atoms with Crippen LogP contribution in [-0.4, -0.2) is 15.5 Å². The number of amides is 1. The van der Waals surface area contributed by atoms with Gasteiger partial charge in [-0.15, -0.1) is 11.3 Å². The summed E-state index contributed by atoms with van der Waals surface area (Å²) in [6.45, 7) is 3.86. The second kappa shape index (κ2) is 6.36. The zero-order valence-electron chi connectivity index (χ0n) is 14.9. The minimum Gasteiger partial charge on any atom is -0.368 e. The zero-order chi connectivity index (χ0) is 18.4. The first-order valence-corrected chi connectivity index (χ1v) is 9.76. The molecule has 3 aromatic rings. The highest BCUT2D eigenvalue weighted by atomic mass is 32.1. The van der Waals surface area contributed by atoms with Crippen LogP contribution in [0.25, 0.3) is 21.6 Å². The van der Waals surface area contributed by atoms with Crippen LogP contribution in [0.4, 0.5) is 0 Å². The van der Waals surface area contributed by atoms with Gasteiger partial charge in [0.25, 0.3) is 5.56 Å². The van der Waals surface area contributed by atoms with E-state index in [1.165, 1.54) is 9.44 Å². The Morgan fingerprint density at radius 3 is 2.88 bits per heavy atom. The van der Waals surface area contributed by atoms with Gasteiger partial charge in [-0.25, -0.2) is 4.98 Å². The Morgan fingerprint density at radius 2 is 2.19 bits per heavy atom. The summed E-state index contributed by atoms with van der Waals surface area (Å²) in [5.74, 6) is 0.0216. The van der Waals surface area contributed by atoms with Crippen LogP contribution >= 0.6 is 11.3 Å². The van der Waals surface area contributed by atoms with Crippen LogP contribution in [0.15, 0.2) is 29.1 Å². The molecule has 2 N–H and O–H groups in total. The van der Waals surface area contributed by atoms with E-state index in [4.69, 9.17) is 10.7 Å². The lowest BCUT2D eigenvalue weighted by Crippen LogP contribution is -2.35. The van der Waals surface area contributed by atoms with Crippen molar-refractivity contribution in [2.75, 3.05) is 0 Å². The Kier molecular flexibility index (Phi) is 4.15. The smallest absolute Gasteiger partial charge is 0.263 e. The van der Waals surface area contributed by atoms with E-state index in [-0.39, 0.29) is 5.56 Å². The summed E-state index contributed by atoms with van der Waals surface area (Å²) in [6.07, 6.45) is 3.43. The van der Waals surface area contributed by atoms with Gasteiger partial charge < -0.3 is 5.73 Å². The first-order chi connectivity index (χ1) is 12.5. The summed E-state index contributed by atoms with van der Waals surface area (Å²) in [4.78, 5) is 32.4. The number of carbonyl (C=O) groups excluding carboxylic acids is 1. The lowest BCUT2D eigenvalue weighted by Gasteiger charge is -2.19. The lowest BCUT2D eigenvalue weighted by atomic mass is 10.1. The highest BCUT2D eigenvalue weighted by Crippen LogP contribution is 2.36. The Morgan fingerprint density at radius 1 is 1.38 bits per heavy atom. The molecule has 0 bridgehead atoms. The number of thiophene rings is 1. The van der Waals surface area contributed by atoms with Gasteiger partial charge in [0.15, 0.2) is 0 Å². The van der Waals surface area contributed by atoms with Crippen LogP contribution in [0.5, 0.6) is 0 Å². The fourth-order valence-electron chi connectivity index (χ4n) is 3.84. The Hall–Kier alpha value is -2.47. The normalized spacial score (nSPS) is 14.5. The van der Waals surface area contributed by atoms with Crippen molar-refractivity contribution in [3.05, 3.63) is 50.6 Å². The molecule has 4 rings (SSSR count). The number of hydrogen-bond acceptors (Lipinski definition) is 4.